The molecule has 3 heterocycles. The smallest absolute Gasteiger partial charge is 0.348 e. The van der Waals surface area contributed by atoms with E-state index in [1.54, 1.807) is 45.0 Å². The van der Waals surface area contributed by atoms with Crippen LogP contribution in [0.4, 0.5) is 5.69 Å². The lowest BCUT2D eigenvalue weighted by molar-refractivity contribution is -0.153. The van der Waals surface area contributed by atoms with Gasteiger partial charge in [-0.25, -0.2) is 9.78 Å². The summed E-state index contributed by atoms with van der Waals surface area (Å²) in [5, 5.41) is 0.300. The molecule has 0 bridgehead atoms. The SMILES string of the molecule is CCOC(=O)c1sc2nc([C@@H](C)OC(=O)[C@@H]3CC(=O)N(c4ccccc4OC)C3)[nH]c(=O)c2c1C. The van der Waals surface area contributed by atoms with Crippen LogP contribution in [-0.4, -0.2) is 48.1 Å². The second-order valence-electron chi connectivity index (χ2n) is 8.06. The van der Waals surface area contributed by atoms with Crippen molar-refractivity contribution in [3.8, 4) is 5.75 Å². The molecule has 1 aromatic carbocycles. The molecule has 0 unspecified atom stereocenters. The number of H-pyrrole nitrogens is 1. The fourth-order valence-corrected chi connectivity index (χ4v) is 5.10. The number of hydrogen-bond acceptors (Lipinski definition) is 9. The van der Waals surface area contributed by atoms with E-state index >= 15 is 0 Å². The van der Waals surface area contributed by atoms with Crippen LogP contribution in [0.1, 0.15) is 47.4 Å². The summed E-state index contributed by atoms with van der Waals surface area (Å²) in [6.07, 6.45) is -0.872. The molecule has 1 N–H and O–H groups in total. The van der Waals surface area contributed by atoms with Crippen LogP contribution in [0.5, 0.6) is 5.75 Å². The van der Waals surface area contributed by atoms with Gasteiger partial charge in [-0.3, -0.25) is 14.4 Å². The zero-order valence-corrected chi connectivity index (χ0v) is 20.6. The van der Waals surface area contributed by atoms with Gasteiger partial charge in [0.1, 0.15) is 15.5 Å². The highest BCUT2D eigenvalue weighted by Gasteiger charge is 2.38. The molecule has 0 spiro atoms. The summed E-state index contributed by atoms with van der Waals surface area (Å²) in [5.41, 5.74) is 0.648. The van der Waals surface area contributed by atoms with Crippen molar-refractivity contribution in [2.45, 2.75) is 33.3 Å². The average molecular weight is 500 g/mol. The summed E-state index contributed by atoms with van der Waals surface area (Å²) in [4.78, 5) is 59.6. The van der Waals surface area contributed by atoms with Gasteiger partial charge in [0, 0.05) is 13.0 Å². The zero-order valence-electron chi connectivity index (χ0n) is 19.7. The van der Waals surface area contributed by atoms with Crippen molar-refractivity contribution in [2.75, 3.05) is 25.2 Å². The van der Waals surface area contributed by atoms with E-state index in [9.17, 15) is 19.2 Å². The van der Waals surface area contributed by atoms with Crippen LogP contribution in [0.25, 0.3) is 10.2 Å². The number of methoxy groups -OCH3 is 1. The van der Waals surface area contributed by atoms with E-state index in [1.165, 1.54) is 12.0 Å². The molecule has 1 saturated heterocycles. The van der Waals surface area contributed by atoms with Crippen molar-refractivity contribution in [3.63, 3.8) is 0 Å². The summed E-state index contributed by atoms with van der Waals surface area (Å²) in [5.74, 6) is -1.29. The first-order valence-corrected chi connectivity index (χ1v) is 11.9. The molecule has 1 aliphatic heterocycles. The number of aromatic amines is 1. The Morgan fingerprint density at radius 3 is 2.74 bits per heavy atom. The summed E-state index contributed by atoms with van der Waals surface area (Å²) in [6, 6.07) is 7.08. The highest BCUT2D eigenvalue weighted by molar-refractivity contribution is 7.20. The van der Waals surface area contributed by atoms with Crippen LogP contribution in [0.2, 0.25) is 0 Å². The first-order valence-electron chi connectivity index (χ1n) is 11.1. The number of anilines is 1. The van der Waals surface area contributed by atoms with Crippen molar-refractivity contribution >= 4 is 45.1 Å². The van der Waals surface area contributed by atoms with Gasteiger partial charge in [0.25, 0.3) is 5.56 Å². The maximum Gasteiger partial charge on any atom is 0.348 e. The fourth-order valence-electron chi connectivity index (χ4n) is 4.02. The largest absolute Gasteiger partial charge is 0.495 e. The Morgan fingerprint density at radius 2 is 2.03 bits per heavy atom. The van der Waals surface area contributed by atoms with E-state index in [1.807, 2.05) is 0 Å². The first kappa shape index (κ1) is 24.4. The average Bonchev–Trinajstić information content (AvgIpc) is 3.39. The Kier molecular flexibility index (Phi) is 6.88. The predicted octanol–water partition coefficient (Wildman–Crippen LogP) is 3.14. The molecule has 0 radical (unpaired) electrons. The number of ether oxygens (including phenoxy) is 3. The van der Waals surface area contributed by atoms with Crippen molar-refractivity contribution in [1.29, 1.82) is 0 Å². The number of amides is 1. The Balaban J connectivity index is 1.51. The maximum atomic E-state index is 12.9. The number of carbonyl (C=O) groups is 3. The van der Waals surface area contributed by atoms with Gasteiger partial charge in [-0.15, -0.1) is 11.3 Å². The third-order valence-electron chi connectivity index (χ3n) is 5.79. The summed E-state index contributed by atoms with van der Waals surface area (Å²) in [7, 11) is 1.52. The molecule has 0 aliphatic carbocycles. The van der Waals surface area contributed by atoms with Crippen LogP contribution in [0, 0.1) is 12.8 Å². The number of rotatable bonds is 7. The number of aromatic nitrogens is 2. The number of fused-ring (bicyclic) bond motifs is 1. The second kappa shape index (κ2) is 9.87. The molecule has 35 heavy (non-hydrogen) atoms. The summed E-state index contributed by atoms with van der Waals surface area (Å²) in [6.45, 7) is 5.32. The molecule has 11 heteroatoms. The minimum absolute atomic E-state index is 0.000392. The molecule has 10 nitrogen and oxygen atoms in total. The lowest BCUT2D eigenvalue weighted by atomic mass is 10.1. The zero-order chi connectivity index (χ0) is 25.3. The van der Waals surface area contributed by atoms with Crippen LogP contribution in [0.15, 0.2) is 29.1 Å². The number of benzene rings is 1. The molecular weight excluding hydrogens is 474 g/mol. The van der Waals surface area contributed by atoms with Gasteiger partial charge in [-0.2, -0.15) is 0 Å². The topological polar surface area (TPSA) is 128 Å². The normalized spacial score (nSPS) is 16.4. The van der Waals surface area contributed by atoms with Crippen LogP contribution in [-0.2, 0) is 19.1 Å². The number of nitrogens with zero attached hydrogens (tertiary/aromatic N) is 2. The Labute approximate surface area is 204 Å². The van der Waals surface area contributed by atoms with Crippen LogP contribution < -0.4 is 15.2 Å². The minimum Gasteiger partial charge on any atom is -0.495 e. The molecule has 1 fully saturated rings. The molecular formula is C24H25N3O7S. The van der Waals surface area contributed by atoms with Crippen molar-refractivity contribution in [2.24, 2.45) is 5.92 Å². The van der Waals surface area contributed by atoms with Crippen LogP contribution in [0.3, 0.4) is 0 Å². The highest BCUT2D eigenvalue weighted by atomic mass is 32.1. The molecule has 3 aromatic rings. The number of thiophene rings is 1. The number of hydrogen-bond donors (Lipinski definition) is 1. The standard InChI is InChI=1S/C24H25N3O7S/c1-5-33-24(31)19-12(2)18-21(29)25-20(26-22(18)35-19)13(3)34-23(30)14-10-17(28)27(11-14)15-8-6-7-9-16(15)32-4/h6-9,13-14H,5,10-11H2,1-4H3,(H,25,26,29)/t13-,14-/m1/s1. The molecule has 2 aromatic heterocycles. The van der Waals surface area contributed by atoms with E-state index < -0.39 is 29.5 Å². The predicted molar refractivity (Wildman–Crippen MR) is 129 cm³/mol. The second-order valence-corrected chi connectivity index (χ2v) is 9.06. The number of para-hydroxylation sites is 2. The van der Waals surface area contributed by atoms with E-state index in [0.717, 1.165) is 11.3 Å². The number of carbonyl (C=O) groups excluding carboxylic acids is 3. The number of aryl methyl sites for hydroxylation is 1. The summed E-state index contributed by atoms with van der Waals surface area (Å²) < 4.78 is 15.9. The van der Waals surface area contributed by atoms with E-state index in [0.29, 0.717) is 32.1 Å². The van der Waals surface area contributed by atoms with E-state index in [4.69, 9.17) is 14.2 Å². The number of esters is 2. The minimum atomic E-state index is -0.872. The number of nitrogens with one attached hydrogen (secondary N) is 1. The quantitative estimate of drug-likeness (QED) is 0.491. The highest BCUT2D eigenvalue weighted by Crippen LogP contribution is 2.34. The van der Waals surface area contributed by atoms with Gasteiger partial charge in [-0.05, 0) is 38.5 Å². The van der Waals surface area contributed by atoms with Crippen molar-refractivity contribution in [1.82, 2.24) is 9.97 Å². The monoisotopic (exact) mass is 499 g/mol. The van der Waals surface area contributed by atoms with Gasteiger partial charge in [-0.1, -0.05) is 12.1 Å². The Morgan fingerprint density at radius 1 is 1.29 bits per heavy atom. The van der Waals surface area contributed by atoms with Gasteiger partial charge in [0.05, 0.1) is 30.7 Å². The lowest BCUT2D eigenvalue weighted by Gasteiger charge is -2.19. The van der Waals surface area contributed by atoms with Gasteiger partial charge in [0.2, 0.25) is 5.91 Å². The van der Waals surface area contributed by atoms with E-state index in [2.05, 4.69) is 9.97 Å². The van der Waals surface area contributed by atoms with Gasteiger partial charge < -0.3 is 24.1 Å². The molecule has 2 atom stereocenters. The molecule has 1 amide bonds. The third-order valence-corrected chi connectivity index (χ3v) is 6.96. The van der Waals surface area contributed by atoms with E-state index in [-0.39, 0.29) is 31.3 Å². The van der Waals surface area contributed by atoms with Gasteiger partial charge in [0.15, 0.2) is 11.9 Å². The third kappa shape index (κ3) is 4.63. The van der Waals surface area contributed by atoms with Crippen LogP contribution >= 0.6 is 11.3 Å². The summed E-state index contributed by atoms with van der Waals surface area (Å²) >= 11 is 1.05. The molecule has 184 valence electrons. The fraction of sp³-hybridized carbons (Fsp3) is 0.375. The lowest BCUT2D eigenvalue weighted by Crippen LogP contribution is -2.27. The van der Waals surface area contributed by atoms with Crippen molar-refractivity contribution in [3.05, 3.63) is 50.9 Å². The Bertz CT molecular complexity index is 1360. The molecule has 4 rings (SSSR count). The molecule has 0 saturated carbocycles. The van der Waals surface area contributed by atoms with Gasteiger partial charge >= 0.3 is 11.9 Å². The Hall–Kier alpha value is -3.73. The first-order chi connectivity index (χ1) is 16.7. The van der Waals surface area contributed by atoms with Crippen molar-refractivity contribution < 1.29 is 28.6 Å². The maximum absolute atomic E-state index is 12.9. The molecule has 1 aliphatic rings.